The normalized spacial score (nSPS) is 10.4. The molecule has 0 aromatic heterocycles. The number of hydrazine groups is 1. The van der Waals surface area contributed by atoms with E-state index in [1.807, 2.05) is 55.5 Å². The highest BCUT2D eigenvalue weighted by Crippen LogP contribution is 2.24. The first-order valence-corrected chi connectivity index (χ1v) is 10.0. The molecule has 28 heavy (non-hydrogen) atoms. The lowest BCUT2D eigenvalue weighted by Crippen LogP contribution is -2.41. The molecule has 0 saturated heterocycles. The summed E-state index contributed by atoms with van der Waals surface area (Å²) in [4.78, 5) is 25.4. The van der Waals surface area contributed by atoms with Gasteiger partial charge in [-0.25, -0.2) is 0 Å². The van der Waals surface area contributed by atoms with E-state index in [0.717, 1.165) is 21.8 Å². The number of carbonyl (C=O) groups is 2. The number of thioether (sulfide) groups is 1. The second kappa shape index (κ2) is 9.44. The molecule has 0 aliphatic carbocycles. The third-order valence-corrected chi connectivity index (χ3v) is 5.37. The molecule has 0 unspecified atom stereocenters. The lowest BCUT2D eigenvalue weighted by Gasteiger charge is -2.08. The van der Waals surface area contributed by atoms with Crippen LogP contribution in [0.15, 0.2) is 77.7 Å². The Morgan fingerprint density at radius 1 is 0.786 bits per heavy atom. The topological polar surface area (TPSA) is 58.2 Å². The first kappa shape index (κ1) is 20.0. The monoisotopic (exact) mass is 410 g/mol. The Bertz CT molecular complexity index is 955. The van der Waals surface area contributed by atoms with Crippen molar-refractivity contribution >= 4 is 35.2 Å². The molecule has 2 amide bonds. The van der Waals surface area contributed by atoms with Crippen LogP contribution in [0.25, 0.3) is 0 Å². The Kier molecular flexibility index (Phi) is 6.74. The van der Waals surface area contributed by atoms with Crippen molar-refractivity contribution in [1.29, 1.82) is 0 Å². The first-order chi connectivity index (χ1) is 13.5. The molecule has 3 aromatic carbocycles. The lowest BCUT2D eigenvalue weighted by atomic mass is 10.1. The number of halogens is 1. The number of hydrogen-bond acceptors (Lipinski definition) is 3. The van der Waals surface area contributed by atoms with Gasteiger partial charge >= 0.3 is 0 Å². The highest BCUT2D eigenvalue weighted by Gasteiger charge is 2.09. The number of nitrogens with one attached hydrogen (secondary N) is 2. The summed E-state index contributed by atoms with van der Waals surface area (Å²) in [6, 6.07) is 22.1. The van der Waals surface area contributed by atoms with Gasteiger partial charge in [-0.15, -0.1) is 11.8 Å². The second-order valence-electron chi connectivity index (χ2n) is 6.21. The van der Waals surface area contributed by atoms with Crippen LogP contribution in [0, 0.1) is 6.92 Å². The third-order valence-electron chi connectivity index (χ3n) is 4.04. The highest BCUT2D eigenvalue weighted by atomic mass is 35.5. The van der Waals surface area contributed by atoms with Gasteiger partial charge in [0.15, 0.2) is 0 Å². The Labute approximate surface area is 173 Å². The molecule has 0 bridgehead atoms. The predicted molar refractivity (Wildman–Crippen MR) is 114 cm³/mol. The molecule has 0 atom stereocenters. The smallest absolute Gasteiger partial charge is 0.267 e. The standard InChI is InChI=1S/C22H19ClN2O2S/c1-15-2-6-17(7-3-15)21(26)24-25-22(27)18-8-4-16(5-9-18)14-28-20-12-10-19(23)11-13-20/h2-13H,14H2,1H3,(H,24,26)(H,25,27). The van der Waals surface area contributed by atoms with Crippen LogP contribution in [0.3, 0.4) is 0 Å². The quantitative estimate of drug-likeness (QED) is 0.459. The summed E-state index contributed by atoms with van der Waals surface area (Å²) in [6.45, 7) is 1.95. The third kappa shape index (κ3) is 5.62. The fourth-order valence-electron chi connectivity index (χ4n) is 2.41. The molecule has 0 aliphatic rings. The molecule has 142 valence electrons. The van der Waals surface area contributed by atoms with E-state index in [1.165, 1.54) is 0 Å². The molecule has 3 rings (SSSR count). The number of hydrogen-bond donors (Lipinski definition) is 2. The SMILES string of the molecule is Cc1ccc(C(=O)NNC(=O)c2ccc(CSc3ccc(Cl)cc3)cc2)cc1. The van der Waals surface area contributed by atoms with Gasteiger partial charge in [0.25, 0.3) is 11.8 Å². The molecular weight excluding hydrogens is 392 g/mol. The zero-order chi connectivity index (χ0) is 19.9. The largest absolute Gasteiger partial charge is 0.269 e. The van der Waals surface area contributed by atoms with Crippen molar-refractivity contribution < 1.29 is 9.59 Å². The fraction of sp³-hybridized carbons (Fsp3) is 0.0909. The highest BCUT2D eigenvalue weighted by molar-refractivity contribution is 7.98. The lowest BCUT2D eigenvalue weighted by molar-refractivity contribution is 0.0846. The van der Waals surface area contributed by atoms with Crippen molar-refractivity contribution in [3.8, 4) is 0 Å². The Morgan fingerprint density at radius 3 is 1.82 bits per heavy atom. The van der Waals surface area contributed by atoms with Crippen LogP contribution in [0.1, 0.15) is 31.8 Å². The van der Waals surface area contributed by atoms with Gasteiger partial charge in [-0.05, 0) is 61.0 Å². The van der Waals surface area contributed by atoms with Crippen LogP contribution < -0.4 is 10.9 Å². The van der Waals surface area contributed by atoms with Gasteiger partial charge in [0, 0.05) is 26.8 Å². The zero-order valence-corrected chi connectivity index (χ0v) is 16.8. The Balaban J connectivity index is 1.51. The van der Waals surface area contributed by atoms with Gasteiger partial charge in [-0.2, -0.15) is 0 Å². The van der Waals surface area contributed by atoms with E-state index < -0.39 is 0 Å². The minimum atomic E-state index is -0.364. The summed E-state index contributed by atoms with van der Waals surface area (Å²) in [7, 11) is 0. The van der Waals surface area contributed by atoms with Crippen LogP contribution in [0.4, 0.5) is 0 Å². The van der Waals surface area contributed by atoms with Gasteiger partial charge in [0.05, 0.1) is 0 Å². The number of amides is 2. The maximum atomic E-state index is 12.2. The second-order valence-corrected chi connectivity index (χ2v) is 7.70. The van der Waals surface area contributed by atoms with E-state index >= 15 is 0 Å². The van der Waals surface area contributed by atoms with Crippen molar-refractivity contribution in [3.63, 3.8) is 0 Å². The number of carbonyl (C=O) groups excluding carboxylic acids is 2. The van der Waals surface area contributed by atoms with Crippen LogP contribution >= 0.6 is 23.4 Å². The van der Waals surface area contributed by atoms with Gasteiger partial charge in [0.2, 0.25) is 0 Å². The van der Waals surface area contributed by atoms with E-state index in [-0.39, 0.29) is 11.8 Å². The summed E-state index contributed by atoms with van der Waals surface area (Å²) in [6.07, 6.45) is 0. The number of benzene rings is 3. The Hall–Kier alpha value is -2.76. The molecule has 0 fully saturated rings. The number of aryl methyl sites for hydroxylation is 1. The molecule has 0 heterocycles. The van der Waals surface area contributed by atoms with Crippen LogP contribution in [-0.2, 0) is 5.75 Å². The van der Waals surface area contributed by atoms with Crippen molar-refractivity contribution in [1.82, 2.24) is 10.9 Å². The van der Waals surface area contributed by atoms with Gasteiger partial charge in [-0.1, -0.05) is 41.4 Å². The molecule has 0 aliphatic heterocycles. The molecule has 0 spiro atoms. The molecule has 3 aromatic rings. The predicted octanol–water partition coefficient (Wildman–Crippen LogP) is 5.02. The molecule has 6 heteroatoms. The molecular formula is C22H19ClN2O2S. The van der Waals surface area contributed by atoms with E-state index in [1.54, 1.807) is 36.0 Å². The zero-order valence-electron chi connectivity index (χ0n) is 15.2. The maximum Gasteiger partial charge on any atom is 0.269 e. The Morgan fingerprint density at radius 2 is 1.29 bits per heavy atom. The minimum absolute atomic E-state index is 0.357. The van der Waals surface area contributed by atoms with E-state index in [4.69, 9.17) is 11.6 Å². The van der Waals surface area contributed by atoms with Crippen LogP contribution in [0.5, 0.6) is 0 Å². The fourth-order valence-corrected chi connectivity index (χ4v) is 3.39. The van der Waals surface area contributed by atoms with Crippen LogP contribution in [-0.4, -0.2) is 11.8 Å². The van der Waals surface area contributed by atoms with E-state index in [0.29, 0.717) is 16.1 Å². The van der Waals surface area contributed by atoms with Crippen LogP contribution in [0.2, 0.25) is 5.02 Å². The average Bonchev–Trinajstić information content (AvgIpc) is 2.72. The average molecular weight is 411 g/mol. The van der Waals surface area contributed by atoms with Crippen molar-refractivity contribution in [2.24, 2.45) is 0 Å². The van der Waals surface area contributed by atoms with Crippen molar-refractivity contribution in [3.05, 3.63) is 100 Å². The van der Waals surface area contributed by atoms with E-state index in [2.05, 4.69) is 10.9 Å². The van der Waals surface area contributed by atoms with Crippen molar-refractivity contribution in [2.75, 3.05) is 0 Å². The maximum absolute atomic E-state index is 12.2. The van der Waals surface area contributed by atoms with Crippen molar-refractivity contribution in [2.45, 2.75) is 17.6 Å². The van der Waals surface area contributed by atoms with Gasteiger partial charge < -0.3 is 0 Å². The molecule has 2 N–H and O–H groups in total. The summed E-state index contributed by atoms with van der Waals surface area (Å²) < 4.78 is 0. The first-order valence-electron chi connectivity index (χ1n) is 8.66. The molecule has 0 radical (unpaired) electrons. The molecule has 0 saturated carbocycles. The number of rotatable bonds is 5. The van der Waals surface area contributed by atoms with Gasteiger partial charge in [-0.3, -0.25) is 20.4 Å². The molecule has 4 nitrogen and oxygen atoms in total. The van der Waals surface area contributed by atoms with E-state index in [9.17, 15) is 9.59 Å². The summed E-state index contributed by atoms with van der Waals surface area (Å²) in [5.74, 6) is 0.0648. The summed E-state index contributed by atoms with van der Waals surface area (Å²) in [5.41, 5.74) is 7.99. The summed E-state index contributed by atoms with van der Waals surface area (Å²) in [5, 5.41) is 0.717. The summed E-state index contributed by atoms with van der Waals surface area (Å²) >= 11 is 7.58. The van der Waals surface area contributed by atoms with Gasteiger partial charge in [0.1, 0.15) is 0 Å². The minimum Gasteiger partial charge on any atom is -0.267 e.